The van der Waals surface area contributed by atoms with E-state index in [0.717, 1.165) is 11.3 Å². The van der Waals surface area contributed by atoms with E-state index in [0.29, 0.717) is 13.2 Å². The van der Waals surface area contributed by atoms with E-state index in [1.165, 1.54) is 0 Å². The number of rotatable bonds is 1. The van der Waals surface area contributed by atoms with Crippen molar-refractivity contribution in [1.29, 1.82) is 0 Å². The summed E-state index contributed by atoms with van der Waals surface area (Å²) in [5.74, 6) is 0. The molecule has 15 heavy (non-hydrogen) atoms. The Bertz CT molecular complexity index is 356. The summed E-state index contributed by atoms with van der Waals surface area (Å²) in [5, 5.41) is 12.6. The van der Waals surface area contributed by atoms with E-state index in [4.69, 9.17) is 10.5 Å². The molecule has 0 radical (unpaired) electrons. The van der Waals surface area contributed by atoms with Gasteiger partial charge in [-0.2, -0.15) is 0 Å². The Balaban J connectivity index is 2.28. The summed E-state index contributed by atoms with van der Waals surface area (Å²) in [7, 11) is 0. The van der Waals surface area contributed by atoms with Gasteiger partial charge in [0.2, 0.25) is 0 Å². The zero-order chi connectivity index (χ0) is 10.9. The van der Waals surface area contributed by atoms with Crippen LogP contribution in [0.3, 0.4) is 0 Å². The van der Waals surface area contributed by atoms with Gasteiger partial charge in [0.25, 0.3) is 0 Å². The lowest BCUT2D eigenvalue weighted by Gasteiger charge is -2.38. The minimum absolute atomic E-state index is 0.331. The molecule has 0 bridgehead atoms. The Morgan fingerprint density at radius 1 is 1.60 bits per heavy atom. The second kappa shape index (κ2) is 3.81. The van der Waals surface area contributed by atoms with Crippen LogP contribution in [-0.2, 0) is 10.3 Å². The Labute approximate surface area is 89.0 Å². The number of aliphatic hydroxyl groups excluding tert-OH is 1. The maximum Gasteiger partial charge on any atom is 0.129 e. The van der Waals surface area contributed by atoms with Gasteiger partial charge in [-0.25, -0.2) is 0 Å². The summed E-state index contributed by atoms with van der Waals surface area (Å²) < 4.78 is 5.34. The summed E-state index contributed by atoms with van der Waals surface area (Å²) >= 11 is 0. The average molecular weight is 208 g/mol. The van der Waals surface area contributed by atoms with Gasteiger partial charge in [0.15, 0.2) is 0 Å². The molecule has 4 nitrogen and oxygen atoms in total. The molecule has 1 aromatic rings. The first-order valence-electron chi connectivity index (χ1n) is 5.00. The molecule has 1 aromatic carbocycles. The van der Waals surface area contributed by atoms with Crippen LogP contribution in [0.2, 0.25) is 0 Å². The van der Waals surface area contributed by atoms with Crippen LogP contribution >= 0.6 is 0 Å². The lowest BCUT2D eigenvalue weighted by molar-refractivity contribution is -0.0707. The smallest absolute Gasteiger partial charge is 0.129 e. The quantitative estimate of drug-likeness (QED) is 0.585. The Hall–Kier alpha value is -1.10. The normalized spacial score (nSPS) is 31.5. The molecule has 0 spiro atoms. The number of morpholine rings is 1. The van der Waals surface area contributed by atoms with Gasteiger partial charge in [0, 0.05) is 5.69 Å². The summed E-state index contributed by atoms with van der Waals surface area (Å²) in [6.45, 7) is 2.86. The molecule has 1 fully saturated rings. The first-order chi connectivity index (χ1) is 7.10. The fourth-order valence-electron chi connectivity index (χ4n) is 1.87. The molecule has 1 aliphatic rings. The van der Waals surface area contributed by atoms with Gasteiger partial charge in [-0.05, 0) is 24.6 Å². The highest BCUT2D eigenvalue weighted by molar-refractivity contribution is 5.43. The molecule has 1 saturated heterocycles. The van der Waals surface area contributed by atoms with Crippen LogP contribution in [0.25, 0.3) is 0 Å². The number of ether oxygens (including phenoxy) is 1. The van der Waals surface area contributed by atoms with Gasteiger partial charge in [-0.15, -0.1) is 0 Å². The van der Waals surface area contributed by atoms with Crippen molar-refractivity contribution < 1.29 is 9.84 Å². The van der Waals surface area contributed by atoms with Gasteiger partial charge in [-0.3, -0.25) is 5.32 Å². The SMILES string of the molecule is C[C@@]1(c2cccc(N)c2)COCC(O)N1. The van der Waals surface area contributed by atoms with E-state index in [1.54, 1.807) is 0 Å². The first kappa shape index (κ1) is 10.4. The third kappa shape index (κ3) is 2.12. The number of hydrogen-bond donors (Lipinski definition) is 3. The lowest BCUT2D eigenvalue weighted by Crippen LogP contribution is -2.55. The lowest BCUT2D eigenvalue weighted by atomic mass is 9.91. The van der Waals surface area contributed by atoms with Gasteiger partial charge in [0.05, 0.1) is 18.8 Å². The molecule has 2 atom stereocenters. The number of nitrogens with two attached hydrogens (primary N) is 1. The van der Waals surface area contributed by atoms with E-state index in [1.807, 2.05) is 31.2 Å². The van der Waals surface area contributed by atoms with Gasteiger partial charge >= 0.3 is 0 Å². The minimum Gasteiger partial charge on any atom is -0.399 e. The summed E-state index contributed by atoms with van der Waals surface area (Å²) in [6, 6.07) is 7.62. The molecule has 1 aliphatic heterocycles. The molecule has 2 rings (SSSR count). The highest BCUT2D eigenvalue weighted by atomic mass is 16.5. The second-order valence-corrected chi connectivity index (χ2v) is 4.13. The number of nitrogen functional groups attached to an aromatic ring is 1. The van der Waals surface area contributed by atoms with Crippen LogP contribution < -0.4 is 11.1 Å². The number of aliphatic hydroxyl groups is 1. The van der Waals surface area contributed by atoms with Crippen molar-refractivity contribution in [2.24, 2.45) is 0 Å². The molecule has 0 amide bonds. The Morgan fingerprint density at radius 2 is 2.40 bits per heavy atom. The molecular formula is C11H16N2O2. The van der Waals surface area contributed by atoms with Gasteiger partial charge in [0.1, 0.15) is 6.23 Å². The Morgan fingerprint density at radius 3 is 3.07 bits per heavy atom. The topological polar surface area (TPSA) is 67.5 Å². The van der Waals surface area contributed by atoms with Crippen molar-refractivity contribution in [1.82, 2.24) is 5.32 Å². The van der Waals surface area contributed by atoms with Crippen molar-refractivity contribution in [3.05, 3.63) is 29.8 Å². The van der Waals surface area contributed by atoms with Crippen LogP contribution in [0.1, 0.15) is 12.5 Å². The molecule has 4 heteroatoms. The standard InChI is InChI=1S/C11H16N2O2/c1-11(7-15-6-10(14)13-11)8-3-2-4-9(12)5-8/h2-5,10,13-14H,6-7,12H2,1H3/t10?,11-/m0/s1. The maximum atomic E-state index is 9.51. The van der Waals surface area contributed by atoms with E-state index in [2.05, 4.69) is 5.32 Å². The second-order valence-electron chi connectivity index (χ2n) is 4.13. The highest BCUT2D eigenvalue weighted by Crippen LogP contribution is 2.25. The van der Waals surface area contributed by atoms with E-state index in [9.17, 15) is 5.11 Å². The molecule has 0 aromatic heterocycles. The van der Waals surface area contributed by atoms with E-state index < -0.39 is 6.23 Å². The fourth-order valence-corrected chi connectivity index (χ4v) is 1.87. The molecule has 1 heterocycles. The molecule has 0 aliphatic carbocycles. The molecule has 4 N–H and O–H groups in total. The summed E-state index contributed by atoms with van der Waals surface area (Å²) in [6.07, 6.45) is -0.620. The fraction of sp³-hybridized carbons (Fsp3) is 0.455. The highest BCUT2D eigenvalue weighted by Gasteiger charge is 2.32. The van der Waals surface area contributed by atoms with Crippen molar-refractivity contribution in [3.63, 3.8) is 0 Å². The first-order valence-corrected chi connectivity index (χ1v) is 5.00. The largest absolute Gasteiger partial charge is 0.399 e. The molecule has 0 saturated carbocycles. The van der Waals surface area contributed by atoms with Gasteiger partial charge in [-0.1, -0.05) is 12.1 Å². The summed E-state index contributed by atoms with van der Waals surface area (Å²) in [4.78, 5) is 0. The average Bonchev–Trinajstić information content (AvgIpc) is 2.17. The van der Waals surface area contributed by atoms with Crippen LogP contribution in [0, 0.1) is 0 Å². The van der Waals surface area contributed by atoms with Crippen molar-refractivity contribution in [2.75, 3.05) is 18.9 Å². The van der Waals surface area contributed by atoms with E-state index in [-0.39, 0.29) is 5.54 Å². The number of benzene rings is 1. The van der Waals surface area contributed by atoms with Gasteiger partial charge < -0.3 is 15.6 Å². The van der Waals surface area contributed by atoms with Crippen molar-refractivity contribution in [3.8, 4) is 0 Å². The third-order valence-corrected chi connectivity index (χ3v) is 2.68. The van der Waals surface area contributed by atoms with Crippen LogP contribution in [0.15, 0.2) is 24.3 Å². The monoisotopic (exact) mass is 208 g/mol. The molecule has 1 unspecified atom stereocenters. The number of nitrogens with one attached hydrogen (secondary N) is 1. The molecular weight excluding hydrogens is 192 g/mol. The Kier molecular flexibility index (Phi) is 2.65. The summed E-state index contributed by atoms with van der Waals surface area (Å²) in [5.41, 5.74) is 7.11. The number of hydrogen-bond acceptors (Lipinski definition) is 4. The minimum atomic E-state index is -0.620. The van der Waals surface area contributed by atoms with E-state index >= 15 is 0 Å². The predicted molar refractivity (Wildman–Crippen MR) is 58.2 cm³/mol. The van der Waals surface area contributed by atoms with Crippen LogP contribution in [0.5, 0.6) is 0 Å². The van der Waals surface area contributed by atoms with Crippen molar-refractivity contribution >= 4 is 5.69 Å². The van der Waals surface area contributed by atoms with Crippen LogP contribution in [-0.4, -0.2) is 24.5 Å². The number of anilines is 1. The zero-order valence-electron chi connectivity index (χ0n) is 8.73. The molecule has 82 valence electrons. The maximum absolute atomic E-state index is 9.51. The van der Waals surface area contributed by atoms with Crippen molar-refractivity contribution in [2.45, 2.75) is 18.7 Å². The predicted octanol–water partition coefficient (Wildman–Crippen LogP) is 0.422. The zero-order valence-corrected chi connectivity index (χ0v) is 8.73. The van der Waals surface area contributed by atoms with Crippen LogP contribution in [0.4, 0.5) is 5.69 Å². The third-order valence-electron chi connectivity index (χ3n) is 2.68.